The number of hydrogen-bond acceptors (Lipinski definition) is 1. The van der Waals surface area contributed by atoms with Crippen molar-refractivity contribution in [1.29, 1.82) is 0 Å². The van der Waals surface area contributed by atoms with Gasteiger partial charge in [-0.2, -0.15) is 0 Å². The van der Waals surface area contributed by atoms with E-state index in [1.807, 2.05) is 0 Å². The van der Waals surface area contributed by atoms with Crippen molar-refractivity contribution in [2.45, 2.75) is 0 Å². The first-order chi connectivity index (χ1) is 10.0. The monoisotopic (exact) mass is 322 g/mol. The molecule has 1 amide bonds. The Morgan fingerprint density at radius 3 is 2.76 bits per heavy atom. The van der Waals surface area contributed by atoms with E-state index in [1.165, 1.54) is 12.1 Å². The molecular weight excluding hydrogens is 314 g/mol. The predicted molar refractivity (Wildman–Crippen MR) is 82.7 cm³/mol. The zero-order valence-corrected chi connectivity index (χ0v) is 12.1. The smallest absolute Gasteiger partial charge is 0.272 e. The molecule has 21 heavy (non-hydrogen) atoms. The quantitative estimate of drug-likeness (QED) is 0.694. The molecule has 0 spiro atoms. The topological polar surface area (TPSA) is 44.9 Å². The summed E-state index contributed by atoms with van der Waals surface area (Å²) in [6, 6.07) is 10.9. The summed E-state index contributed by atoms with van der Waals surface area (Å²) in [5.41, 5.74) is 1.28. The molecule has 0 aliphatic rings. The minimum absolute atomic E-state index is 0.273. The van der Waals surface area contributed by atoms with Crippen LogP contribution in [-0.2, 0) is 0 Å². The third kappa shape index (κ3) is 2.73. The van der Waals surface area contributed by atoms with E-state index in [2.05, 4.69) is 10.3 Å². The Kier molecular flexibility index (Phi) is 3.57. The summed E-state index contributed by atoms with van der Waals surface area (Å²) in [5.74, 6) is -0.745. The Morgan fingerprint density at radius 2 is 1.95 bits per heavy atom. The minimum Gasteiger partial charge on any atom is -0.350 e. The number of rotatable bonds is 2. The van der Waals surface area contributed by atoms with Gasteiger partial charge in [-0.05, 0) is 36.4 Å². The van der Waals surface area contributed by atoms with E-state index in [0.29, 0.717) is 21.9 Å². The van der Waals surface area contributed by atoms with Gasteiger partial charge in [-0.15, -0.1) is 0 Å². The van der Waals surface area contributed by atoms with Gasteiger partial charge in [-0.1, -0.05) is 29.3 Å². The van der Waals surface area contributed by atoms with Gasteiger partial charge in [0.2, 0.25) is 0 Å². The second-order valence-corrected chi connectivity index (χ2v) is 5.26. The lowest BCUT2D eigenvalue weighted by molar-refractivity contribution is 0.102. The molecule has 0 unspecified atom stereocenters. The van der Waals surface area contributed by atoms with E-state index in [0.717, 1.165) is 5.39 Å². The third-order valence-corrected chi connectivity index (χ3v) is 3.85. The van der Waals surface area contributed by atoms with E-state index in [4.69, 9.17) is 23.2 Å². The number of anilines is 1. The maximum absolute atomic E-state index is 13.1. The molecule has 0 bridgehead atoms. The van der Waals surface area contributed by atoms with Gasteiger partial charge in [0, 0.05) is 10.9 Å². The van der Waals surface area contributed by atoms with Crippen LogP contribution in [0, 0.1) is 5.82 Å². The molecule has 106 valence electrons. The molecule has 2 aromatic carbocycles. The first kappa shape index (κ1) is 13.9. The maximum Gasteiger partial charge on any atom is 0.272 e. The molecule has 1 heterocycles. The van der Waals surface area contributed by atoms with Crippen LogP contribution in [0.1, 0.15) is 10.5 Å². The molecule has 2 N–H and O–H groups in total. The fourth-order valence-corrected chi connectivity index (χ4v) is 2.36. The van der Waals surface area contributed by atoms with Gasteiger partial charge in [-0.25, -0.2) is 4.39 Å². The fraction of sp³-hybridized carbons (Fsp3) is 0. The van der Waals surface area contributed by atoms with Gasteiger partial charge in [-0.3, -0.25) is 4.79 Å². The number of aromatic nitrogens is 1. The van der Waals surface area contributed by atoms with Crippen molar-refractivity contribution in [3.63, 3.8) is 0 Å². The summed E-state index contributed by atoms with van der Waals surface area (Å²) in [6.45, 7) is 0. The standard InChI is InChI=1S/C15H9Cl2FN2O/c16-10-2-1-3-11(14(10)17)20-15(21)13-6-8-4-5-9(18)7-12(8)19-13/h1-7,19H,(H,20,21). The molecule has 0 aliphatic heterocycles. The van der Waals surface area contributed by atoms with Crippen LogP contribution >= 0.6 is 23.2 Å². The number of nitrogens with one attached hydrogen (secondary N) is 2. The van der Waals surface area contributed by atoms with E-state index in [9.17, 15) is 9.18 Å². The Balaban J connectivity index is 1.91. The number of aromatic amines is 1. The summed E-state index contributed by atoms with van der Waals surface area (Å²) >= 11 is 11.9. The largest absolute Gasteiger partial charge is 0.350 e. The van der Waals surface area contributed by atoms with Crippen LogP contribution in [-0.4, -0.2) is 10.9 Å². The molecule has 0 fully saturated rings. The van der Waals surface area contributed by atoms with Crippen molar-refractivity contribution in [3.8, 4) is 0 Å². The van der Waals surface area contributed by atoms with Crippen LogP contribution in [0.15, 0.2) is 42.5 Å². The Hall–Kier alpha value is -2.04. The molecular formula is C15H9Cl2FN2O. The third-order valence-electron chi connectivity index (χ3n) is 3.03. The van der Waals surface area contributed by atoms with Crippen LogP contribution in [0.2, 0.25) is 10.0 Å². The van der Waals surface area contributed by atoms with Crippen molar-refractivity contribution in [1.82, 2.24) is 4.98 Å². The van der Waals surface area contributed by atoms with E-state index in [-0.39, 0.29) is 16.7 Å². The van der Waals surface area contributed by atoms with Crippen LogP contribution in [0.25, 0.3) is 10.9 Å². The summed E-state index contributed by atoms with van der Waals surface area (Å²) in [6.07, 6.45) is 0. The SMILES string of the molecule is O=C(Nc1cccc(Cl)c1Cl)c1cc2ccc(F)cc2[nH]1. The molecule has 1 aromatic heterocycles. The van der Waals surface area contributed by atoms with E-state index < -0.39 is 0 Å². The highest BCUT2D eigenvalue weighted by Crippen LogP contribution is 2.30. The average Bonchev–Trinajstić information content (AvgIpc) is 2.87. The van der Waals surface area contributed by atoms with Crippen molar-refractivity contribution < 1.29 is 9.18 Å². The lowest BCUT2D eigenvalue weighted by Crippen LogP contribution is -2.12. The van der Waals surface area contributed by atoms with Gasteiger partial charge in [0.1, 0.15) is 11.5 Å². The second-order valence-electron chi connectivity index (χ2n) is 4.47. The number of hydrogen-bond donors (Lipinski definition) is 2. The number of halogens is 3. The van der Waals surface area contributed by atoms with Crippen molar-refractivity contribution >= 4 is 45.7 Å². The fourth-order valence-electron chi connectivity index (χ4n) is 2.01. The highest BCUT2D eigenvalue weighted by Gasteiger charge is 2.12. The van der Waals surface area contributed by atoms with Gasteiger partial charge < -0.3 is 10.3 Å². The molecule has 0 saturated carbocycles. The lowest BCUT2D eigenvalue weighted by Gasteiger charge is -2.06. The van der Waals surface area contributed by atoms with Crippen molar-refractivity contribution in [2.24, 2.45) is 0 Å². The Bertz CT molecular complexity index is 845. The lowest BCUT2D eigenvalue weighted by atomic mass is 10.2. The van der Waals surface area contributed by atoms with E-state index >= 15 is 0 Å². The van der Waals surface area contributed by atoms with Crippen LogP contribution in [0.3, 0.4) is 0 Å². The normalized spacial score (nSPS) is 10.8. The second kappa shape index (κ2) is 5.39. The zero-order chi connectivity index (χ0) is 15.0. The van der Waals surface area contributed by atoms with Gasteiger partial charge in [0.15, 0.2) is 0 Å². The number of H-pyrrole nitrogens is 1. The van der Waals surface area contributed by atoms with Crippen LogP contribution in [0.5, 0.6) is 0 Å². The molecule has 0 radical (unpaired) electrons. The number of carbonyl (C=O) groups is 1. The highest BCUT2D eigenvalue weighted by atomic mass is 35.5. The first-order valence-electron chi connectivity index (χ1n) is 6.08. The molecule has 0 aliphatic carbocycles. The number of fused-ring (bicyclic) bond motifs is 1. The number of carbonyl (C=O) groups excluding carboxylic acids is 1. The zero-order valence-electron chi connectivity index (χ0n) is 10.6. The number of benzene rings is 2. The molecule has 3 aromatic rings. The van der Waals surface area contributed by atoms with Gasteiger partial charge in [0.25, 0.3) is 5.91 Å². The predicted octanol–water partition coefficient (Wildman–Crippen LogP) is 4.87. The molecule has 3 nitrogen and oxygen atoms in total. The average molecular weight is 323 g/mol. The van der Waals surface area contributed by atoms with Crippen molar-refractivity contribution in [3.05, 3.63) is 64.0 Å². The Labute approximate surface area is 129 Å². The summed E-state index contributed by atoms with van der Waals surface area (Å²) in [7, 11) is 0. The summed E-state index contributed by atoms with van der Waals surface area (Å²) in [5, 5.41) is 4.04. The highest BCUT2D eigenvalue weighted by molar-refractivity contribution is 6.44. The Morgan fingerprint density at radius 1 is 1.14 bits per heavy atom. The van der Waals surface area contributed by atoms with Crippen LogP contribution < -0.4 is 5.32 Å². The van der Waals surface area contributed by atoms with Crippen LogP contribution in [0.4, 0.5) is 10.1 Å². The van der Waals surface area contributed by atoms with Crippen molar-refractivity contribution in [2.75, 3.05) is 5.32 Å². The maximum atomic E-state index is 13.1. The summed E-state index contributed by atoms with van der Waals surface area (Å²) < 4.78 is 13.1. The molecule has 6 heteroatoms. The van der Waals surface area contributed by atoms with Gasteiger partial charge in [0.05, 0.1) is 15.7 Å². The first-order valence-corrected chi connectivity index (χ1v) is 6.84. The molecule has 3 rings (SSSR count). The summed E-state index contributed by atoms with van der Waals surface area (Å²) in [4.78, 5) is 15.1. The van der Waals surface area contributed by atoms with Gasteiger partial charge >= 0.3 is 0 Å². The van der Waals surface area contributed by atoms with E-state index in [1.54, 1.807) is 30.3 Å². The minimum atomic E-state index is -0.379. The number of amides is 1. The molecule has 0 atom stereocenters. The molecule has 0 saturated heterocycles.